The maximum Gasteiger partial charge on any atom is 0.318 e. The Hall–Kier alpha value is -3.94. The van der Waals surface area contributed by atoms with Crippen molar-refractivity contribution < 1.29 is 9.53 Å². The average molecular weight is 623 g/mol. The van der Waals surface area contributed by atoms with Gasteiger partial charge in [0, 0.05) is 61.4 Å². The number of anilines is 2. The summed E-state index contributed by atoms with van der Waals surface area (Å²) < 4.78 is 6.36. The topological polar surface area (TPSA) is 91.8 Å². The van der Waals surface area contributed by atoms with Crippen LogP contribution in [0.2, 0.25) is 0 Å². The lowest BCUT2D eigenvalue weighted by molar-refractivity contribution is -0.134. The van der Waals surface area contributed by atoms with Crippen molar-refractivity contribution >= 4 is 28.2 Å². The number of carbonyl (C=O) groups is 1. The molecule has 3 saturated heterocycles. The molecule has 1 aromatic heterocycles. The molecule has 3 aromatic rings. The van der Waals surface area contributed by atoms with E-state index in [4.69, 9.17) is 14.7 Å². The van der Waals surface area contributed by atoms with Gasteiger partial charge in [0.1, 0.15) is 18.5 Å². The number of fused-ring (bicyclic) bond motifs is 2. The van der Waals surface area contributed by atoms with Gasteiger partial charge in [0.05, 0.1) is 30.8 Å². The largest absolute Gasteiger partial charge is 0.462 e. The van der Waals surface area contributed by atoms with Crippen molar-refractivity contribution in [2.75, 3.05) is 62.7 Å². The van der Waals surface area contributed by atoms with Crippen LogP contribution in [0.15, 0.2) is 36.4 Å². The first-order chi connectivity index (χ1) is 22.3. The number of hydrogen-bond acceptors (Lipinski definition) is 9. The molecule has 0 radical (unpaired) electrons. The zero-order valence-corrected chi connectivity index (χ0v) is 27.7. The van der Waals surface area contributed by atoms with E-state index in [1.807, 2.05) is 4.90 Å². The summed E-state index contributed by atoms with van der Waals surface area (Å²) in [7, 11) is 2.16. The third-order valence-corrected chi connectivity index (χ3v) is 10.5. The number of likely N-dealkylation sites (tertiary alicyclic amines) is 1. The van der Waals surface area contributed by atoms with Crippen molar-refractivity contribution in [3.63, 3.8) is 0 Å². The summed E-state index contributed by atoms with van der Waals surface area (Å²) >= 11 is 0. The fraction of sp³-hybridized carbons (Fsp3) is 0.556. The Bertz CT molecular complexity index is 1650. The van der Waals surface area contributed by atoms with E-state index in [9.17, 15) is 10.1 Å². The minimum absolute atomic E-state index is 0.0584. The highest BCUT2D eigenvalue weighted by Crippen LogP contribution is 2.36. The number of rotatable bonds is 8. The molecule has 3 fully saturated rings. The Labute approximate surface area is 272 Å². The minimum Gasteiger partial charge on any atom is -0.462 e. The Morgan fingerprint density at radius 3 is 2.61 bits per heavy atom. The van der Waals surface area contributed by atoms with Gasteiger partial charge in [-0.2, -0.15) is 15.2 Å². The van der Waals surface area contributed by atoms with Gasteiger partial charge in [-0.05, 0) is 70.6 Å². The summed E-state index contributed by atoms with van der Waals surface area (Å²) in [6.45, 7) is 12.2. The highest BCUT2D eigenvalue weighted by molar-refractivity contribution is 5.97. The quantitative estimate of drug-likeness (QED) is 0.346. The number of nitriles is 1. The first-order valence-electron chi connectivity index (χ1n) is 17.0. The summed E-state index contributed by atoms with van der Waals surface area (Å²) in [6.07, 6.45) is 3.41. The molecule has 0 bridgehead atoms. The van der Waals surface area contributed by atoms with Crippen LogP contribution in [0.25, 0.3) is 10.8 Å². The standard InChI is InChI=1S/C36H46N8O2/c1-24(2)44-22-32(44)35(45)43-19-18-42(20-27(43)13-15-37)34-29-14-17-41(31-12-6-10-26-9-5-8-25(3)33(26)31)21-30(29)38-36(39-34)46-23-28-11-7-16-40(28)4/h5-6,8-10,12,24,27-28,32H,7,11,13-14,16-23H2,1-4H3/t27-,28-,32-,44?/m0/s1. The smallest absolute Gasteiger partial charge is 0.318 e. The van der Waals surface area contributed by atoms with Crippen LogP contribution in [0.4, 0.5) is 11.5 Å². The molecule has 10 heteroatoms. The van der Waals surface area contributed by atoms with Crippen LogP contribution in [0.1, 0.15) is 49.9 Å². The lowest BCUT2D eigenvalue weighted by Gasteiger charge is -2.42. The van der Waals surface area contributed by atoms with E-state index in [1.54, 1.807) is 0 Å². The lowest BCUT2D eigenvalue weighted by atomic mass is 9.99. The molecule has 1 unspecified atom stereocenters. The van der Waals surface area contributed by atoms with Crippen LogP contribution in [-0.2, 0) is 17.8 Å². The molecule has 0 spiro atoms. The number of carbonyl (C=O) groups excluding carboxylic acids is 1. The molecule has 0 N–H and O–H groups in total. The highest BCUT2D eigenvalue weighted by atomic mass is 16.5. The van der Waals surface area contributed by atoms with Gasteiger partial charge in [-0.15, -0.1) is 0 Å². The predicted octanol–water partition coefficient (Wildman–Crippen LogP) is 4.00. The molecule has 0 aliphatic carbocycles. The van der Waals surface area contributed by atoms with Gasteiger partial charge in [0.25, 0.3) is 0 Å². The molecule has 2 aromatic carbocycles. The Kier molecular flexibility index (Phi) is 8.47. The minimum atomic E-state index is -0.179. The lowest BCUT2D eigenvalue weighted by Crippen LogP contribution is -2.57. The number of likely N-dealkylation sites (N-methyl/N-ethyl adjacent to an activating group) is 1. The first kappa shape index (κ1) is 30.7. The van der Waals surface area contributed by atoms with Gasteiger partial charge in [-0.1, -0.05) is 30.3 Å². The van der Waals surface area contributed by atoms with Gasteiger partial charge >= 0.3 is 6.01 Å². The van der Waals surface area contributed by atoms with E-state index in [-0.39, 0.29) is 18.0 Å². The summed E-state index contributed by atoms with van der Waals surface area (Å²) in [6, 6.07) is 16.3. The number of piperazine rings is 1. The predicted molar refractivity (Wildman–Crippen MR) is 180 cm³/mol. The monoisotopic (exact) mass is 622 g/mol. The zero-order valence-electron chi connectivity index (χ0n) is 27.7. The molecule has 5 heterocycles. The van der Waals surface area contributed by atoms with Crippen LogP contribution >= 0.6 is 0 Å². The van der Waals surface area contributed by atoms with E-state index >= 15 is 0 Å². The molecule has 46 heavy (non-hydrogen) atoms. The van der Waals surface area contributed by atoms with E-state index < -0.39 is 0 Å². The molecule has 4 aliphatic heterocycles. The molecule has 242 valence electrons. The summed E-state index contributed by atoms with van der Waals surface area (Å²) in [5.41, 5.74) is 4.65. The molecule has 0 saturated carbocycles. The fourth-order valence-corrected chi connectivity index (χ4v) is 7.80. The third kappa shape index (κ3) is 5.87. The number of nitrogens with zero attached hydrogens (tertiary/aromatic N) is 8. The molecular weight excluding hydrogens is 576 g/mol. The van der Waals surface area contributed by atoms with Crippen LogP contribution in [0.5, 0.6) is 6.01 Å². The average Bonchev–Trinajstić information content (AvgIpc) is 3.77. The zero-order chi connectivity index (χ0) is 31.9. The summed E-state index contributed by atoms with van der Waals surface area (Å²) in [4.78, 5) is 34.9. The van der Waals surface area contributed by atoms with E-state index in [1.165, 1.54) is 28.4 Å². The van der Waals surface area contributed by atoms with E-state index in [0.717, 1.165) is 49.6 Å². The first-order valence-corrected chi connectivity index (χ1v) is 17.0. The summed E-state index contributed by atoms with van der Waals surface area (Å²) in [5, 5.41) is 12.3. The number of aromatic nitrogens is 2. The van der Waals surface area contributed by atoms with E-state index in [0.29, 0.717) is 57.3 Å². The molecule has 4 atom stereocenters. The molecule has 10 nitrogen and oxygen atoms in total. The van der Waals surface area contributed by atoms with Crippen LogP contribution in [0, 0.1) is 18.3 Å². The van der Waals surface area contributed by atoms with Gasteiger partial charge < -0.3 is 24.3 Å². The number of benzene rings is 2. The maximum atomic E-state index is 13.5. The van der Waals surface area contributed by atoms with Crippen molar-refractivity contribution in [1.82, 2.24) is 24.7 Å². The second kappa shape index (κ2) is 12.7. The van der Waals surface area contributed by atoms with Gasteiger partial charge in [0.2, 0.25) is 5.91 Å². The van der Waals surface area contributed by atoms with E-state index in [2.05, 4.69) is 89.9 Å². The Morgan fingerprint density at radius 2 is 1.87 bits per heavy atom. The Balaban J connectivity index is 1.18. The summed E-state index contributed by atoms with van der Waals surface area (Å²) in [5.74, 6) is 1.06. The van der Waals surface area contributed by atoms with Crippen LogP contribution in [-0.4, -0.2) is 108 Å². The van der Waals surface area contributed by atoms with Crippen molar-refractivity contribution in [2.45, 2.75) is 77.2 Å². The Morgan fingerprint density at radius 1 is 1.04 bits per heavy atom. The van der Waals surface area contributed by atoms with Crippen LogP contribution in [0.3, 0.4) is 0 Å². The van der Waals surface area contributed by atoms with Crippen molar-refractivity contribution in [1.29, 1.82) is 5.26 Å². The number of amides is 1. The number of aryl methyl sites for hydroxylation is 1. The van der Waals surface area contributed by atoms with Gasteiger partial charge in [0.15, 0.2) is 0 Å². The second-order valence-corrected chi connectivity index (χ2v) is 13.8. The van der Waals surface area contributed by atoms with Crippen LogP contribution < -0.4 is 14.5 Å². The molecular formula is C36H46N8O2. The maximum absolute atomic E-state index is 13.5. The van der Waals surface area contributed by atoms with Gasteiger partial charge in [-0.3, -0.25) is 9.69 Å². The SMILES string of the molecule is Cc1cccc2cccc(N3CCc4c(nc(OC[C@@H]5CCCN5C)nc4N4CCN(C(=O)[C@@H]5CN5C(C)C)[C@@H](CC#N)C4)C3)c12. The third-order valence-electron chi connectivity index (χ3n) is 10.5. The molecule has 1 amide bonds. The highest BCUT2D eigenvalue weighted by Gasteiger charge is 2.46. The van der Waals surface area contributed by atoms with Crippen molar-refractivity contribution in [3.8, 4) is 12.1 Å². The number of ether oxygens (including phenoxy) is 1. The van der Waals surface area contributed by atoms with Crippen molar-refractivity contribution in [3.05, 3.63) is 53.2 Å². The normalized spacial score (nSPS) is 24.7. The fourth-order valence-electron chi connectivity index (χ4n) is 7.80. The molecule has 4 aliphatic rings. The van der Waals surface area contributed by atoms with Crippen molar-refractivity contribution in [2.24, 2.45) is 0 Å². The molecule has 7 rings (SSSR count). The number of hydrogen-bond donors (Lipinski definition) is 0. The second-order valence-electron chi connectivity index (χ2n) is 13.8. The van der Waals surface area contributed by atoms with Gasteiger partial charge in [-0.25, -0.2) is 0 Å².